The quantitative estimate of drug-likeness (QED) is 0.616. The van der Waals surface area contributed by atoms with Crippen molar-refractivity contribution >= 4 is 12.1 Å². The van der Waals surface area contributed by atoms with Gasteiger partial charge in [0.1, 0.15) is 5.69 Å². The molecule has 0 amide bonds. The highest BCUT2D eigenvalue weighted by Crippen LogP contribution is 1.98. The van der Waals surface area contributed by atoms with E-state index in [9.17, 15) is 18.4 Å². The van der Waals surface area contributed by atoms with Crippen LogP contribution in [-0.2, 0) is 0 Å². The van der Waals surface area contributed by atoms with Crippen LogP contribution in [0.25, 0.3) is 0 Å². The summed E-state index contributed by atoms with van der Waals surface area (Å²) in [7, 11) is 0. The largest absolute Gasteiger partial charge is 0.369 e. The van der Waals surface area contributed by atoms with Crippen molar-refractivity contribution in [2.75, 3.05) is 0 Å². The van der Waals surface area contributed by atoms with Crippen molar-refractivity contribution < 1.29 is 18.4 Å². The Bertz CT molecular complexity index is 311. The molecule has 0 aliphatic heterocycles. The molecule has 1 heterocycles. The lowest BCUT2D eigenvalue weighted by atomic mass is 10.4. The van der Waals surface area contributed by atoms with Gasteiger partial charge in [0.05, 0.1) is 0 Å². The van der Waals surface area contributed by atoms with Crippen molar-refractivity contribution in [3.05, 3.63) is 23.8 Å². The molecule has 12 heavy (non-hydrogen) atoms. The standard InChI is InChI=1S/C6H2F2N2O2/c7-4(11)3-1-2-9-6(10-3)5(8)12/h1-2H. The van der Waals surface area contributed by atoms with E-state index in [4.69, 9.17) is 0 Å². The summed E-state index contributed by atoms with van der Waals surface area (Å²) in [5.41, 5.74) is -0.633. The number of halogens is 2. The molecule has 0 unspecified atom stereocenters. The third-order valence-electron chi connectivity index (χ3n) is 1.03. The topological polar surface area (TPSA) is 59.9 Å². The second kappa shape index (κ2) is 3.12. The molecule has 0 radical (unpaired) electrons. The second-order valence-electron chi connectivity index (χ2n) is 1.81. The molecular formula is C6H2F2N2O2. The van der Waals surface area contributed by atoms with Crippen molar-refractivity contribution in [2.45, 2.75) is 0 Å². The van der Waals surface area contributed by atoms with E-state index in [1.807, 2.05) is 0 Å². The number of nitrogens with zero attached hydrogens (tertiary/aromatic N) is 2. The molecule has 0 atom stereocenters. The van der Waals surface area contributed by atoms with Crippen LogP contribution in [0.15, 0.2) is 12.3 Å². The van der Waals surface area contributed by atoms with E-state index < -0.39 is 23.6 Å². The fourth-order valence-electron chi connectivity index (χ4n) is 0.563. The van der Waals surface area contributed by atoms with Gasteiger partial charge >= 0.3 is 12.1 Å². The van der Waals surface area contributed by atoms with Gasteiger partial charge in [-0.05, 0) is 6.07 Å². The van der Waals surface area contributed by atoms with Crippen LogP contribution >= 0.6 is 0 Å². The first-order valence-electron chi connectivity index (χ1n) is 2.84. The van der Waals surface area contributed by atoms with Gasteiger partial charge in [-0.2, -0.15) is 8.78 Å². The van der Waals surface area contributed by atoms with Crippen LogP contribution in [0.3, 0.4) is 0 Å². The Morgan fingerprint density at radius 1 is 1.25 bits per heavy atom. The van der Waals surface area contributed by atoms with Crippen LogP contribution in [0.4, 0.5) is 8.78 Å². The van der Waals surface area contributed by atoms with E-state index in [2.05, 4.69) is 9.97 Å². The zero-order chi connectivity index (χ0) is 9.14. The highest BCUT2D eigenvalue weighted by Gasteiger charge is 2.11. The molecule has 0 saturated heterocycles. The van der Waals surface area contributed by atoms with Crippen LogP contribution in [0, 0.1) is 0 Å². The molecule has 0 saturated carbocycles. The fourth-order valence-corrected chi connectivity index (χ4v) is 0.563. The Hall–Kier alpha value is -1.72. The summed E-state index contributed by atoms with van der Waals surface area (Å²) in [6.45, 7) is 0. The average Bonchev–Trinajstić information content (AvgIpc) is 2.04. The lowest BCUT2D eigenvalue weighted by Gasteiger charge is -1.91. The van der Waals surface area contributed by atoms with Crippen molar-refractivity contribution in [3.8, 4) is 0 Å². The van der Waals surface area contributed by atoms with Crippen molar-refractivity contribution in [2.24, 2.45) is 0 Å². The predicted octanol–water partition coefficient (Wildman–Crippen LogP) is 0.696. The van der Waals surface area contributed by atoms with Gasteiger partial charge in [0.25, 0.3) is 0 Å². The van der Waals surface area contributed by atoms with E-state index in [0.29, 0.717) is 0 Å². The smallest absolute Gasteiger partial charge is 0.254 e. The molecule has 0 fully saturated rings. The van der Waals surface area contributed by atoms with Crippen LogP contribution in [-0.4, -0.2) is 22.0 Å². The lowest BCUT2D eigenvalue weighted by Crippen LogP contribution is -2.04. The average molecular weight is 172 g/mol. The summed E-state index contributed by atoms with van der Waals surface area (Å²) in [5.74, 6) is -0.821. The van der Waals surface area contributed by atoms with Crippen LogP contribution in [0.5, 0.6) is 0 Å². The van der Waals surface area contributed by atoms with Crippen LogP contribution in [0.1, 0.15) is 21.1 Å². The molecule has 62 valence electrons. The molecule has 0 N–H and O–H groups in total. The Labute approximate surface area is 65.3 Å². The predicted molar refractivity (Wildman–Crippen MR) is 32.9 cm³/mol. The molecule has 0 spiro atoms. The van der Waals surface area contributed by atoms with Gasteiger partial charge in [-0.1, -0.05) is 0 Å². The number of carbonyl (C=O) groups excluding carboxylic acids is 2. The van der Waals surface area contributed by atoms with Gasteiger partial charge in [-0.3, -0.25) is 9.59 Å². The third-order valence-corrected chi connectivity index (χ3v) is 1.03. The van der Waals surface area contributed by atoms with E-state index in [0.717, 1.165) is 12.3 Å². The second-order valence-corrected chi connectivity index (χ2v) is 1.81. The molecule has 4 nitrogen and oxygen atoms in total. The Morgan fingerprint density at radius 2 is 1.92 bits per heavy atom. The van der Waals surface area contributed by atoms with Crippen molar-refractivity contribution in [3.63, 3.8) is 0 Å². The van der Waals surface area contributed by atoms with Gasteiger partial charge in [0, 0.05) is 6.20 Å². The minimum Gasteiger partial charge on any atom is -0.254 e. The molecule has 6 heteroatoms. The zero-order valence-corrected chi connectivity index (χ0v) is 5.62. The van der Waals surface area contributed by atoms with Crippen LogP contribution < -0.4 is 0 Å². The first-order chi connectivity index (χ1) is 5.61. The minimum atomic E-state index is -1.90. The first kappa shape index (κ1) is 8.38. The molecule has 1 aromatic heterocycles. The first-order valence-corrected chi connectivity index (χ1v) is 2.84. The van der Waals surface area contributed by atoms with E-state index >= 15 is 0 Å². The normalized spacial score (nSPS) is 9.50. The van der Waals surface area contributed by atoms with Crippen LogP contribution in [0.2, 0.25) is 0 Å². The minimum absolute atomic E-state index is 0.633. The zero-order valence-electron chi connectivity index (χ0n) is 5.62. The van der Waals surface area contributed by atoms with E-state index in [1.54, 1.807) is 0 Å². The fraction of sp³-hybridized carbons (Fsp3) is 0. The summed E-state index contributed by atoms with van der Waals surface area (Å²) in [5, 5.41) is 0. The number of carbonyl (C=O) groups is 2. The Morgan fingerprint density at radius 3 is 2.42 bits per heavy atom. The molecule has 0 bridgehead atoms. The monoisotopic (exact) mass is 172 g/mol. The maximum absolute atomic E-state index is 11.9. The third kappa shape index (κ3) is 1.66. The maximum atomic E-state index is 11.9. The van der Waals surface area contributed by atoms with Gasteiger partial charge in [0.15, 0.2) is 0 Å². The van der Waals surface area contributed by atoms with Crippen molar-refractivity contribution in [1.29, 1.82) is 0 Å². The molecule has 0 aliphatic carbocycles. The molecular weight excluding hydrogens is 170 g/mol. The Balaban J connectivity index is 3.12. The number of hydrogen-bond donors (Lipinski definition) is 0. The number of rotatable bonds is 2. The van der Waals surface area contributed by atoms with Gasteiger partial charge in [-0.25, -0.2) is 9.97 Å². The van der Waals surface area contributed by atoms with Gasteiger partial charge in [-0.15, -0.1) is 0 Å². The van der Waals surface area contributed by atoms with Gasteiger partial charge in [0.2, 0.25) is 5.82 Å². The number of hydrogen-bond acceptors (Lipinski definition) is 4. The molecule has 0 aromatic carbocycles. The number of aromatic nitrogens is 2. The Kier molecular flexibility index (Phi) is 2.18. The highest BCUT2D eigenvalue weighted by molar-refractivity contribution is 5.89. The molecule has 0 aliphatic rings. The summed E-state index contributed by atoms with van der Waals surface area (Å²) in [4.78, 5) is 26.2. The summed E-state index contributed by atoms with van der Waals surface area (Å²) in [6, 6.07) is -2.80. The maximum Gasteiger partial charge on any atom is 0.369 e. The summed E-state index contributed by atoms with van der Waals surface area (Å²) < 4.78 is 23.8. The summed E-state index contributed by atoms with van der Waals surface area (Å²) in [6.07, 6.45) is 0.923. The van der Waals surface area contributed by atoms with E-state index in [-0.39, 0.29) is 0 Å². The molecule has 1 aromatic rings. The van der Waals surface area contributed by atoms with Gasteiger partial charge < -0.3 is 0 Å². The molecule has 1 rings (SSSR count). The van der Waals surface area contributed by atoms with E-state index in [1.165, 1.54) is 0 Å². The van der Waals surface area contributed by atoms with Crippen molar-refractivity contribution in [1.82, 2.24) is 9.97 Å². The SMILES string of the molecule is O=C(F)c1ccnc(C(=O)F)n1. The highest BCUT2D eigenvalue weighted by atomic mass is 19.1. The summed E-state index contributed by atoms with van der Waals surface area (Å²) >= 11 is 0. The lowest BCUT2D eigenvalue weighted by molar-refractivity contribution is 0.0820.